The van der Waals surface area contributed by atoms with Gasteiger partial charge in [0, 0.05) is 23.8 Å². The molecule has 1 saturated heterocycles. The first kappa shape index (κ1) is 15.6. The Morgan fingerprint density at radius 2 is 2.26 bits per heavy atom. The molecule has 0 saturated carbocycles. The number of carbonyl (C=O) groups excluding carboxylic acids is 1. The number of amides is 2. The number of rotatable bonds is 5. The molecule has 1 aliphatic rings. The zero-order chi connectivity index (χ0) is 16.1. The number of urea groups is 1. The smallest absolute Gasteiger partial charge is 0.319 e. The molecule has 1 aliphatic heterocycles. The number of hydrogen-bond donors (Lipinski definition) is 2. The van der Waals surface area contributed by atoms with E-state index in [1.807, 2.05) is 36.4 Å². The lowest BCUT2D eigenvalue weighted by Gasteiger charge is -2.22. The summed E-state index contributed by atoms with van der Waals surface area (Å²) in [5.41, 5.74) is 1.70. The van der Waals surface area contributed by atoms with Gasteiger partial charge >= 0.3 is 6.03 Å². The number of hydrogen-bond acceptors (Lipinski definition) is 3. The Bertz CT molecular complexity index is 639. The van der Waals surface area contributed by atoms with Gasteiger partial charge in [0.1, 0.15) is 5.76 Å². The second kappa shape index (κ2) is 7.33. The van der Waals surface area contributed by atoms with Crippen molar-refractivity contribution in [1.82, 2.24) is 10.2 Å². The van der Waals surface area contributed by atoms with Gasteiger partial charge in [0.25, 0.3) is 0 Å². The highest BCUT2D eigenvalue weighted by molar-refractivity contribution is 5.90. The van der Waals surface area contributed by atoms with Crippen molar-refractivity contribution in [2.45, 2.75) is 25.8 Å². The Hall–Kier alpha value is -2.27. The fourth-order valence-electron chi connectivity index (χ4n) is 3.12. The Balaban J connectivity index is 1.55. The number of nitrogens with zero attached hydrogens (tertiary/aromatic N) is 1. The van der Waals surface area contributed by atoms with Gasteiger partial charge in [-0.3, -0.25) is 4.90 Å². The molecule has 23 heavy (non-hydrogen) atoms. The first-order chi connectivity index (χ1) is 11.3. The van der Waals surface area contributed by atoms with E-state index in [2.05, 4.69) is 22.5 Å². The monoisotopic (exact) mass is 313 g/mol. The van der Waals surface area contributed by atoms with Crippen LogP contribution >= 0.6 is 0 Å². The third kappa shape index (κ3) is 3.93. The molecule has 1 aromatic carbocycles. The molecule has 1 atom stereocenters. The summed E-state index contributed by atoms with van der Waals surface area (Å²) in [5.74, 6) is 0.790. The van der Waals surface area contributed by atoms with Gasteiger partial charge in [-0.05, 0) is 50.2 Å². The van der Waals surface area contributed by atoms with Crippen molar-refractivity contribution < 1.29 is 9.21 Å². The van der Waals surface area contributed by atoms with Gasteiger partial charge in [0.2, 0.25) is 0 Å². The van der Waals surface area contributed by atoms with Gasteiger partial charge in [0.05, 0.1) is 6.26 Å². The summed E-state index contributed by atoms with van der Waals surface area (Å²) >= 11 is 0. The average Bonchev–Trinajstić information content (AvgIpc) is 3.24. The van der Waals surface area contributed by atoms with Crippen molar-refractivity contribution in [3.8, 4) is 11.3 Å². The lowest BCUT2D eigenvalue weighted by Crippen LogP contribution is -2.41. The molecule has 0 bridgehead atoms. The van der Waals surface area contributed by atoms with Crippen LogP contribution in [0.15, 0.2) is 47.1 Å². The summed E-state index contributed by atoms with van der Waals surface area (Å²) in [6.45, 7) is 5.03. The number of benzene rings is 1. The summed E-state index contributed by atoms with van der Waals surface area (Å²) in [6, 6.07) is 11.7. The number of anilines is 1. The minimum absolute atomic E-state index is 0.162. The molecule has 2 amide bonds. The van der Waals surface area contributed by atoms with E-state index in [0.717, 1.165) is 36.5 Å². The molecular formula is C18H23N3O2. The van der Waals surface area contributed by atoms with E-state index in [0.29, 0.717) is 12.6 Å². The van der Waals surface area contributed by atoms with Crippen LogP contribution in [0.25, 0.3) is 11.3 Å². The van der Waals surface area contributed by atoms with Gasteiger partial charge < -0.3 is 15.1 Å². The first-order valence-electron chi connectivity index (χ1n) is 8.19. The van der Waals surface area contributed by atoms with Crippen LogP contribution in [0.4, 0.5) is 10.5 Å². The van der Waals surface area contributed by atoms with Gasteiger partial charge in [0.15, 0.2) is 0 Å². The maximum absolute atomic E-state index is 12.1. The van der Waals surface area contributed by atoms with Crippen molar-refractivity contribution in [1.29, 1.82) is 0 Å². The van der Waals surface area contributed by atoms with E-state index in [-0.39, 0.29) is 6.03 Å². The van der Waals surface area contributed by atoms with Crippen molar-refractivity contribution in [3.05, 3.63) is 42.7 Å². The molecule has 0 aliphatic carbocycles. The number of nitrogens with one attached hydrogen (secondary N) is 2. The summed E-state index contributed by atoms with van der Waals surface area (Å²) in [7, 11) is 0. The van der Waals surface area contributed by atoms with E-state index in [9.17, 15) is 4.79 Å². The molecule has 1 unspecified atom stereocenters. The van der Waals surface area contributed by atoms with Crippen LogP contribution in [-0.4, -0.2) is 36.6 Å². The third-order valence-electron chi connectivity index (χ3n) is 4.33. The molecule has 1 aromatic heterocycles. The second-order valence-corrected chi connectivity index (χ2v) is 5.82. The number of furan rings is 1. The Morgan fingerprint density at radius 1 is 1.35 bits per heavy atom. The first-order valence-corrected chi connectivity index (χ1v) is 8.19. The largest absolute Gasteiger partial charge is 0.464 e. The highest BCUT2D eigenvalue weighted by Gasteiger charge is 2.23. The summed E-state index contributed by atoms with van der Waals surface area (Å²) < 4.78 is 5.38. The van der Waals surface area contributed by atoms with Crippen molar-refractivity contribution in [3.63, 3.8) is 0 Å². The van der Waals surface area contributed by atoms with E-state index in [4.69, 9.17) is 4.42 Å². The van der Waals surface area contributed by atoms with Crippen LogP contribution < -0.4 is 10.6 Å². The molecule has 2 aromatic rings. The predicted molar refractivity (Wildman–Crippen MR) is 91.4 cm³/mol. The summed E-state index contributed by atoms with van der Waals surface area (Å²) in [5, 5.41) is 5.87. The van der Waals surface area contributed by atoms with E-state index >= 15 is 0 Å². The van der Waals surface area contributed by atoms with Crippen LogP contribution in [0.3, 0.4) is 0 Å². The second-order valence-electron chi connectivity index (χ2n) is 5.82. The zero-order valence-electron chi connectivity index (χ0n) is 13.4. The Morgan fingerprint density at radius 3 is 3.04 bits per heavy atom. The summed E-state index contributed by atoms with van der Waals surface area (Å²) in [4.78, 5) is 14.5. The minimum atomic E-state index is -0.162. The fraction of sp³-hybridized carbons (Fsp3) is 0.389. The van der Waals surface area contributed by atoms with Crippen LogP contribution in [0.5, 0.6) is 0 Å². The Labute approximate surface area is 136 Å². The number of likely N-dealkylation sites (tertiary alicyclic amines) is 1. The molecule has 122 valence electrons. The minimum Gasteiger partial charge on any atom is -0.464 e. The third-order valence-corrected chi connectivity index (χ3v) is 4.33. The van der Waals surface area contributed by atoms with Crippen LogP contribution in [-0.2, 0) is 0 Å². The molecular weight excluding hydrogens is 290 g/mol. The van der Waals surface area contributed by atoms with Crippen molar-refractivity contribution in [2.24, 2.45) is 0 Å². The molecule has 2 heterocycles. The number of likely N-dealkylation sites (N-methyl/N-ethyl adjacent to an activating group) is 1. The highest BCUT2D eigenvalue weighted by Crippen LogP contribution is 2.23. The standard InChI is InChI=1S/C18H23N3O2/c1-2-21-10-4-8-16(21)13-19-18(22)20-15-7-3-6-14(12-15)17-9-5-11-23-17/h3,5-7,9,11-12,16H,2,4,8,10,13H2,1H3,(H2,19,20,22). The quantitative estimate of drug-likeness (QED) is 0.887. The van der Waals surface area contributed by atoms with Crippen LogP contribution in [0.1, 0.15) is 19.8 Å². The van der Waals surface area contributed by atoms with Gasteiger partial charge in [-0.1, -0.05) is 19.1 Å². The van der Waals surface area contributed by atoms with Crippen molar-refractivity contribution in [2.75, 3.05) is 25.0 Å². The zero-order valence-corrected chi connectivity index (χ0v) is 13.4. The lowest BCUT2D eigenvalue weighted by molar-refractivity contribution is 0.238. The van der Waals surface area contributed by atoms with Gasteiger partial charge in [-0.25, -0.2) is 4.79 Å². The SMILES string of the molecule is CCN1CCCC1CNC(=O)Nc1cccc(-c2ccco2)c1. The molecule has 1 fully saturated rings. The maximum atomic E-state index is 12.1. The average molecular weight is 313 g/mol. The van der Waals surface area contributed by atoms with Crippen LogP contribution in [0.2, 0.25) is 0 Å². The van der Waals surface area contributed by atoms with Crippen molar-refractivity contribution >= 4 is 11.7 Å². The molecule has 0 radical (unpaired) electrons. The molecule has 2 N–H and O–H groups in total. The van der Waals surface area contributed by atoms with E-state index in [1.54, 1.807) is 6.26 Å². The van der Waals surface area contributed by atoms with E-state index in [1.165, 1.54) is 6.42 Å². The topological polar surface area (TPSA) is 57.5 Å². The highest BCUT2D eigenvalue weighted by atomic mass is 16.3. The fourth-order valence-corrected chi connectivity index (χ4v) is 3.12. The number of carbonyl (C=O) groups is 1. The predicted octanol–water partition coefficient (Wildman–Crippen LogP) is 3.55. The Kier molecular flexibility index (Phi) is 4.98. The molecule has 5 nitrogen and oxygen atoms in total. The van der Waals surface area contributed by atoms with E-state index < -0.39 is 0 Å². The molecule has 3 rings (SSSR count). The normalized spacial score (nSPS) is 18.0. The lowest BCUT2D eigenvalue weighted by atomic mass is 10.1. The van der Waals surface area contributed by atoms with Crippen LogP contribution in [0, 0.1) is 0 Å². The summed E-state index contributed by atoms with van der Waals surface area (Å²) in [6.07, 6.45) is 4.01. The maximum Gasteiger partial charge on any atom is 0.319 e. The van der Waals surface area contributed by atoms with Gasteiger partial charge in [-0.2, -0.15) is 0 Å². The van der Waals surface area contributed by atoms with Gasteiger partial charge in [-0.15, -0.1) is 0 Å². The molecule has 5 heteroatoms. The molecule has 0 spiro atoms.